The van der Waals surface area contributed by atoms with E-state index in [1.165, 1.54) is 0 Å². The minimum atomic E-state index is 0.332. The normalized spacial score (nSPS) is 17.0. The zero-order valence-electron chi connectivity index (χ0n) is 8.94. The van der Waals surface area contributed by atoms with Crippen LogP contribution in [0.5, 0.6) is 0 Å². The van der Waals surface area contributed by atoms with Gasteiger partial charge >= 0.3 is 0 Å². The molecule has 0 atom stereocenters. The molecule has 1 fully saturated rings. The number of hydrogen-bond donors (Lipinski definition) is 1. The lowest BCUT2D eigenvalue weighted by Gasteiger charge is -2.27. The average Bonchev–Trinajstić information content (AvgIpc) is 2.75. The van der Waals surface area contributed by atoms with Gasteiger partial charge in [-0.15, -0.1) is 0 Å². The summed E-state index contributed by atoms with van der Waals surface area (Å²) < 4.78 is 0. The number of aromatic amines is 1. The molecule has 1 saturated heterocycles. The number of Topliss-reactive ketones (excluding diaryl/α,β-unsaturated/α-hetero) is 1. The van der Waals surface area contributed by atoms with Crippen molar-refractivity contribution in [3.05, 3.63) is 24.4 Å². The number of benzene rings is 1. The quantitative estimate of drug-likeness (QED) is 0.788. The lowest BCUT2D eigenvalue weighted by Crippen LogP contribution is -2.35. The summed E-state index contributed by atoms with van der Waals surface area (Å²) in [6, 6.07) is 6.13. The molecular formula is C12H13N3O. The van der Waals surface area contributed by atoms with Gasteiger partial charge in [0.2, 0.25) is 0 Å². The molecule has 82 valence electrons. The van der Waals surface area contributed by atoms with Crippen LogP contribution in [0.4, 0.5) is 5.69 Å². The van der Waals surface area contributed by atoms with Gasteiger partial charge in [0.15, 0.2) is 5.78 Å². The fraction of sp³-hybridized carbons (Fsp3) is 0.333. The summed E-state index contributed by atoms with van der Waals surface area (Å²) in [7, 11) is 0. The number of carbonyl (C=O) groups is 1. The highest BCUT2D eigenvalue weighted by atomic mass is 16.1. The molecule has 2 heterocycles. The van der Waals surface area contributed by atoms with Crippen LogP contribution in [0.1, 0.15) is 12.8 Å². The molecule has 0 spiro atoms. The van der Waals surface area contributed by atoms with E-state index in [9.17, 15) is 4.79 Å². The minimum absolute atomic E-state index is 0.332. The molecule has 4 heteroatoms. The van der Waals surface area contributed by atoms with Gasteiger partial charge in [-0.1, -0.05) is 0 Å². The van der Waals surface area contributed by atoms with Crippen molar-refractivity contribution in [1.82, 2.24) is 10.2 Å². The van der Waals surface area contributed by atoms with E-state index in [2.05, 4.69) is 21.2 Å². The van der Waals surface area contributed by atoms with Crippen LogP contribution < -0.4 is 4.90 Å². The number of carbonyl (C=O) groups excluding carboxylic acids is 1. The third-order valence-electron chi connectivity index (χ3n) is 3.04. The fourth-order valence-electron chi connectivity index (χ4n) is 2.19. The van der Waals surface area contributed by atoms with Crippen LogP contribution in [0.3, 0.4) is 0 Å². The van der Waals surface area contributed by atoms with Crippen molar-refractivity contribution in [3.8, 4) is 0 Å². The molecule has 0 amide bonds. The van der Waals surface area contributed by atoms with Gasteiger partial charge in [-0.05, 0) is 24.6 Å². The van der Waals surface area contributed by atoms with E-state index in [1.54, 1.807) is 0 Å². The summed E-state index contributed by atoms with van der Waals surface area (Å²) in [6.07, 6.45) is 3.50. The van der Waals surface area contributed by atoms with E-state index in [0.717, 1.165) is 36.0 Å². The van der Waals surface area contributed by atoms with E-state index in [1.807, 2.05) is 18.3 Å². The summed E-state index contributed by atoms with van der Waals surface area (Å²) in [5, 5.41) is 8.01. The first-order valence-corrected chi connectivity index (χ1v) is 5.53. The van der Waals surface area contributed by atoms with Gasteiger partial charge in [-0.3, -0.25) is 9.89 Å². The number of anilines is 1. The Morgan fingerprint density at radius 1 is 1.38 bits per heavy atom. The first-order chi connectivity index (χ1) is 7.83. The zero-order valence-corrected chi connectivity index (χ0v) is 8.94. The monoisotopic (exact) mass is 215 g/mol. The second-order valence-corrected chi connectivity index (χ2v) is 4.21. The molecule has 0 saturated carbocycles. The summed E-state index contributed by atoms with van der Waals surface area (Å²) in [5.41, 5.74) is 2.15. The molecule has 1 aromatic heterocycles. The lowest BCUT2D eigenvalue weighted by molar-refractivity contribution is -0.118. The third kappa shape index (κ3) is 1.56. The van der Waals surface area contributed by atoms with Gasteiger partial charge in [-0.25, -0.2) is 0 Å². The summed E-state index contributed by atoms with van der Waals surface area (Å²) >= 11 is 0. The van der Waals surface area contributed by atoms with Gasteiger partial charge in [0.1, 0.15) is 0 Å². The highest BCUT2D eigenvalue weighted by molar-refractivity contribution is 5.87. The van der Waals surface area contributed by atoms with Crippen molar-refractivity contribution >= 4 is 22.4 Å². The molecule has 1 aliphatic rings. The van der Waals surface area contributed by atoms with E-state index >= 15 is 0 Å². The second-order valence-electron chi connectivity index (χ2n) is 4.21. The molecule has 0 aliphatic carbocycles. The van der Waals surface area contributed by atoms with Crippen molar-refractivity contribution in [1.29, 1.82) is 0 Å². The predicted molar refractivity (Wildman–Crippen MR) is 62.5 cm³/mol. The Labute approximate surface area is 93.3 Å². The topological polar surface area (TPSA) is 49.0 Å². The third-order valence-corrected chi connectivity index (χ3v) is 3.04. The lowest BCUT2D eigenvalue weighted by atomic mass is 10.1. The number of H-pyrrole nitrogens is 1. The van der Waals surface area contributed by atoms with Crippen molar-refractivity contribution in [3.63, 3.8) is 0 Å². The predicted octanol–water partition coefficient (Wildman–Crippen LogP) is 1.73. The molecule has 0 unspecified atom stereocenters. The Hall–Kier alpha value is -1.84. The summed E-state index contributed by atoms with van der Waals surface area (Å²) in [4.78, 5) is 13.5. The number of piperidine rings is 1. The zero-order chi connectivity index (χ0) is 11.0. The maximum Gasteiger partial charge on any atom is 0.152 e. The van der Waals surface area contributed by atoms with Crippen LogP contribution in [-0.4, -0.2) is 29.1 Å². The first-order valence-electron chi connectivity index (χ1n) is 5.53. The van der Waals surface area contributed by atoms with Gasteiger partial charge in [0.25, 0.3) is 0 Å². The van der Waals surface area contributed by atoms with Crippen LogP contribution in [0.2, 0.25) is 0 Å². The number of aromatic nitrogens is 2. The fourth-order valence-corrected chi connectivity index (χ4v) is 2.19. The van der Waals surface area contributed by atoms with Gasteiger partial charge < -0.3 is 4.90 Å². The number of fused-ring (bicyclic) bond motifs is 1. The molecule has 2 aromatic rings. The highest BCUT2D eigenvalue weighted by Crippen LogP contribution is 2.22. The Kier molecular flexibility index (Phi) is 2.13. The number of hydrogen-bond acceptors (Lipinski definition) is 3. The molecule has 16 heavy (non-hydrogen) atoms. The van der Waals surface area contributed by atoms with E-state index in [0.29, 0.717) is 12.3 Å². The maximum absolute atomic E-state index is 11.4. The number of ketones is 1. The Morgan fingerprint density at radius 3 is 3.19 bits per heavy atom. The number of nitrogens with zero attached hydrogens (tertiary/aromatic N) is 2. The van der Waals surface area contributed by atoms with Gasteiger partial charge in [0.05, 0.1) is 18.3 Å². The van der Waals surface area contributed by atoms with E-state index in [-0.39, 0.29) is 0 Å². The minimum Gasteiger partial charge on any atom is -0.364 e. The Morgan fingerprint density at radius 2 is 2.31 bits per heavy atom. The molecule has 0 radical (unpaired) electrons. The van der Waals surface area contributed by atoms with Crippen LogP contribution >= 0.6 is 0 Å². The molecular weight excluding hydrogens is 202 g/mol. The smallest absolute Gasteiger partial charge is 0.152 e. The number of nitrogens with one attached hydrogen (secondary N) is 1. The van der Waals surface area contributed by atoms with Crippen molar-refractivity contribution in [2.45, 2.75) is 12.8 Å². The standard InChI is InChI=1S/C12H13N3O/c16-11-2-1-5-15(8-11)10-3-4-12-9(6-10)7-13-14-12/h3-4,6-7H,1-2,5,8H2,(H,13,14). The van der Waals surface area contributed by atoms with Crippen LogP contribution in [0.25, 0.3) is 10.9 Å². The van der Waals surface area contributed by atoms with Crippen LogP contribution in [0.15, 0.2) is 24.4 Å². The van der Waals surface area contributed by atoms with Crippen molar-refractivity contribution < 1.29 is 4.79 Å². The SMILES string of the molecule is O=C1CCCN(c2ccc3[nH]ncc3c2)C1. The van der Waals surface area contributed by atoms with Gasteiger partial charge in [-0.2, -0.15) is 5.10 Å². The largest absolute Gasteiger partial charge is 0.364 e. The highest BCUT2D eigenvalue weighted by Gasteiger charge is 2.17. The first kappa shape index (κ1) is 9.39. The van der Waals surface area contributed by atoms with Crippen LogP contribution in [-0.2, 0) is 4.79 Å². The molecule has 1 aliphatic heterocycles. The molecule has 1 aromatic carbocycles. The molecule has 4 nitrogen and oxygen atoms in total. The van der Waals surface area contributed by atoms with E-state index < -0.39 is 0 Å². The number of rotatable bonds is 1. The molecule has 3 rings (SSSR count). The second kappa shape index (κ2) is 3.63. The van der Waals surface area contributed by atoms with Gasteiger partial charge in [0, 0.05) is 24.0 Å². The average molecular weight is 215 g/mol. The van der Waals surface area contributed by atoms with Crippen LogP contribution in [0, 0.1) is 0 Å². The Bertz CT molecular complexity index is 532. The van der Waals surface area contributed by atoms with Crippen molar-refractivity contribution in [2.24, 2.45) is 0 Å². The molecule has 0 bridgehead atoms. The summed E-state index contributed by atoms with van der Waals surface area (Å²) in [6.45, 7) is 1.51. The van der Waals surface area contributed by atoms with E-state index in [4.69, 9.17) is 0 Å². The molecule has 1 N–H and O–H groups in total. The Balaban J connectivity index is 1.95. The summed E-state index contributed by atoms with van der Waals surface area (Å²) in [5.74, 6) is 0.332. The van der Waals surface area contributed by atoms with Crippen molar-refractivity contribution in [2.75, 3.05) is 18.0 Å². The maximum atomic E-state index is 11.4.